The minimum atomic E-state index is -0.344. The highest BCUT2D eigenvalue weighted by Gasteiger charge is 2.13. The molecule has 0 aliphatic carbocycles. The third kappa shape index (κ3) is 7.25. The van der Waals surface area contributed by atoms with Crippen molar-refractivity contribution < 1.29 is 19.1 Å². The summed E-state index contributed by atoms with van der Waals surface area (Å²) >= 11 is 3.50. The molecule has 2 amide bonds. The average molecular weight is 652 g/mol. The van der Waals surface area contributed by atoms with Crippen molar-refractivity contribution in [3.63, 3.8) is 0 Å². The number of aryl methyl sites for hydroxylation is 2. The topological polar surface area (TPSA) is 93.9 Å². The highest BCUT2D eigenvalue weighted by Crippen LogP contribution is 2.33. The summed E-state index contributed by atoms with van der Waals surface area (Å²) in [6.07, 6.45) is 1.50. The summed E-state index contributed by atoms with van der Waals surface area (Å²) in [6.45, 7) is 3.83. The predicted octanol–water partition coefficient (Wildman–Crippen LogP) is 7.31. The van der Waals surface area contributed by atoms with Gasteiger partial charge in [0.25, 0.3) is 11.8 Å². The van der Waals surface area contributed by atoms with Gasteiger partial charge in [-0.3, -0.25) is 9.59 Å². The molecule has 0 unspecified atom stereocenters. The quantitative estimate of drug-likeness (QED) is 0.122. The van der Waals surface area contributed by atoms with Crippen molar-refractivity contribution >= 4 is 39.6 Å². The van der Waals surface area contributed by atoms with E-state index < -0.39 is 0 Å². The van der Waals surface area contributed by atoms with E-state index in [0.717, 1.165) is 28.2 Å². The van der Waals surface area contributed by atoms with E-state index in [1.165, 1.54) is 13.3 Å². The van der Waals surface area contributed by atoms with Crippen LogP contribution in [0.4, 0.5) is 5.69 Å². The molecule has 0 radical (unpaired) electrons. The first-order valence-electron chi connectivity index (χ1n) is 13.9. The third-order valence-electron chi connectivity index (χ3n) is 6.88. The molecule has 2 N–H and O–H groups in total. The molecule has 9 heteroatoms. The molecule has 0 aliphatic rings. The number of nitrogens with zero attached hydrogens (tertiary/aromatic N) is 2. The van der Waals surface area contributed by atoms with E-state index >= 15 is 0 Å². The van der Waals surface area contributed by atoms with Gasteiger partial charge >= 0.3 is 0 Å². The van der Waals surface area contributed by atoms with Crippen LogP contribution in [0.15, 0.2) is 113 Å². The van der Waals surface area contributed by atoms with Crippen LogP contribution >= 0.6 is 15.9 Å². The lowest BCUT2D eigenvalue weighted by Gasteiger charge is -2.13. The molecule has 222 valence electrons. The van der Waals surface area contributed by atoms with Gasteiger partial charge in [-0.25, -0.2) is 5.43 Å². The minimum Gasteiger partial charge on any atom is -0.493 e. The number of rotatable bonds is 10. The van der Waals surface area contributed by atoms with Gasteiger partial charge in [-0.1, -0.05) is 48.0 Å². The van der Waals surface area contributed by atoms with Crippen LogP contribution < -0.4 is 20.2 Å². The van der Waals surface area contributed by atoms with Crippen molar-refractivity contribution in [3.8, 4) is 28.4 Å². The number of halogens is 1. The molecule has 0 aliphatic heterocycles. The summed E-state index contributed by atoms with van der Waals surface area (Å²) in [4.78, 5) is 25.2. The zero-order chi connectivity index (χ0) is 31.1. The highest BCUT2D eigenvalue weighted by molar-refractivity contribution is 9.10. The second-order valence-corrected chi connectivity index (χ2v) is 10.9. The first-order chi connectivity index (χ1) is 21.3. The lowest BCUT2D eigenvalue weighted by atomic mass is 10.1. The first kappa shape index (κ1) is 30.3. The molecule has 0 spiro atoms. The number of benzene rings is 4. The predicted molar refractivity (Wildman–Crippen MR) is 177 cm³/mol. The third-order valence-corrected chi connectivity index (χ3v) is 7.57. The molecule has 8 nitrogen and oxygen atoms in total. The van der Waals surface area contributed by atoms with Gasteiger partial charge in [0.05, 0.1) is 19.0 Å². The molecule has 4 aromatic carbocycles. The van der Waals surface area contributed by atoms with Gasteiger partial charge in [0, 0.05) is 32.7 Å². The van der Waals surface area contributed by atoms with Crippen molar-refractivity contribution in [2.75, 3.05) is 19.0 Å². The standard InChI is InChI=1S/C35H31BrN4O4/c1-23-9-14-28(15-10-23)38-34(41)22-44-33-20-30(36)27(19-32(33)43-3)21-37-39-35(42)26-12-16-29(17-13-26)40-24(2)11-18-31(40)25-7-5-4-6-8-25/h4-21H,22H2,1-3H3,(H,38,41)(H,39,42)/b37-21+. The van der Waals surface area contributed by atoms with Crippen LogP contribution in [-0.4, -0.2) is 36.3 Å². The second kappa shape index (κ2) is 13.9. The summed E-state index contributed by atoms with van der Waals surface area (Å²) in [5.74, 6) is 0.152. The smallest absolute Gasteiger partial charge is 0.271 e. The van der Waals surface area contributed by atoms with E-state index in [9.17, 15) is 9.59 Å². The van der Waals surface area contributed by atoms with Gasteiger partial charge in [0.15, 0.2) is 18.1 Å². The Morgan fingerprint density at radius 3 is 2.32 bits per heavy atom. The van der Waals surface area contributed by atoms with Crippen LogP contribution in [0.3, 0.4) is 0 Å². The Balaban J connectivity index is 1.21. The number of hydrogen-bond acceptors (Lipinski definition) is 5. The lowest BCUT2D eigenvalue weighted by Crippen LogP contribution is -2.20. The van der Waals surface area contributed by atoms with Gasteiger partial charge in [-0.05, 0) is 96.0 Å². The fourth-order valence-corrected chi connectivity index (χ4v) is 5.03. The van der Waals surface area contributed by atoms with Crippen LogP contribution in [0.5, 0.6) is 11.5 Å². The van der Waals surface area contributed by atoms with Crippen molar-refractivity contribution in [2.45, 2.75) is 13.8 Å². The molecule has 5 aromatic rings. The summed E-state index contributed by atoms with van der Waals surface area (Å²) in [6, 6.07) is 32.6. The molecule has 0 saturated heterocycles. The van der Waals surface area contributed by atoms with E-state index in [1.807, 2.05) is 61.5 Å². The second-order valence-electron chi connectivity index (χ2n) is 10.0. The van der Waals surface area contributed by atoms with Crippen LogP contribution in [0, 0.1) is 13.8 Å². The summed E-state index contributed by atoms with van der Waals surface area (Å²) < 4.78 is 14.0. The number of carbonyl (C=O) groups is 2. The molecule has 0 fully saturated rings. The first-order valence-corrected chi connectivity index (χ1v) is 14.7. The van der Waals surface area contributed by atoms with Gasteiger partial charge in [0.1, 0.15) is 0 Å². The molecule has 1 heterocycles. The van der Waals surface area contributed by atoms with E-state index in [4.69, 9.17) is 9.47 Å². The number of aromatic nitrogens is 1. The van der Waals surface area contributed by atoms with Crippen LogP contribution in [0.25, 0.3) is 16.9 Å². The van der Waals surface area contributed by atoms with Gasteiger partial charge in [0.2, 0.25) is 0 Å². The Hall–Kier alpha value is -5.15. The zero-order valence-corrected chi connectivity index (χ0v) is 26.1. The largest absolute Gasteiger partial charge is 0.493 e. The Labute approximate surface area is 264 Å². The van der Waals surface area contributed by atoms with E-state index in [0.29, 0.717) is 32.8 Å². The van der Waals surface area contributed by atoms with Crippen LogP contribution in [-0.2, 0) is 4.79 Å². The van der Waals surface area contributed by atoms with E-state index in [-0.39, 0.29) is 18.4 Å². The maximum atomic E-state index is 12.8. The molecular weight excluding hydrogens is 620 g/mol. The number of hydrogen-bond donors (Lipinski definition) is 2. The molecule has 1 aromatic heterocycles. The zero-order valence-electron chi connectivity index (χ0n) is 24.5. The van der Waals surface area contributed by atoms with Crippen LogP contribution in [0.2, 0.25) is 0 Å². The molecule has 0 saturated carbocycles. The Bertz CT molecular complexity index is 1800. The van der Waals surface area contributed by atoms with E-state index in [1.54, 1.807) is 24.3 Å². The van der Waals surface area contributed by atoms with Crippen molar-refractivity contribution in [3.05, 3.63) is 130 Å². The van der Waals surface area contributed by atoms with E-state index in [2.05, 4.69) is 67.5 Å². The summed E-state index contributed by atoms with van der Waals surface area (Å²) in [5.41, 5.74) is 9.72. The van der Waals surface area contributed by atoms with Crippen molar-refractivity contribution in [1.82, 2.24) is 9.99 Å². The number of nitrogens with one attached hydrogen (secondary N) is 2. The molecule has 0 atom stereocenters. The normalized spacial score (nSPS) is 10.9. The van der Waals surface area contributed by atoms with Gasteiger partial charge in [-0.15, -0.1) is 0 Å². The summed E-state index contributed by atoms with van der Waals surface area (Å²) in [7, 11) is 1.51. The molecule has 0 bridgehead atoms. The highest BCUT2D eigenvalue weighted by atomic mass is 79.9. The minimum absolute atomic E-state index is 0.198. The lowest BCUT2D eigenvalue weighted by molar-refractivity contribution is -0.118. The molecular formula is C35H31BrN4O4. The summed E-state index contributed by atoms with van der Waals surface area (Å²) in [5, 5.41) is 6.93. The maximum Gasteiger partial charge on any atom is 0.271 e. The Morgan fingerprint density at radius 2 is 1.61 bits per heavy atom. The number of amides is 2. The number of carbonyl (C=O) groups excluding carboxylic acids is 2. The monoisotopic (exact) mass is 650 g/mol. The van der Waals surface area contributed by atoms with Gasteiger partial charge < -0.3 is 19.4 Å². The average Bonchev–Trinajstić information content (AvgIpc) is 3.43. The number of methoxy groups -OCH3 is 1. The number of hydrazone groups is 1. The number of ether oxygens (including phenoxy) is 2. The van der Waals surface area contributed by atoms with Crippen LogP contribution in [0.1, 0.15) is 27.2 Å². The fraction of sp³-hybridized carbons (Fsp3) is 0.114. The fourth-order valence-electron chi connectivity index (χ4n) is 4.60. The van der Waals surface area contributed by atoms with Crippen molar-refractivity contribution in [2.24, 2.45) is 5.10 Å². The van der Waals surface area contributed by atoms with Crippen molar-refractivity contribution in [1.29, 1.82) is 0 Å². The Kier molecular flexibility index (Phi) is 9.56. The number of anilines is 1. The molecule has 44 heavy (non-hydrogen) atoms. The maximum absolute atomic E-state index is 12.8. The Morgan fingerprint density at radius 1 is 0.886 bits per heavy atom. The SMILES string of the molecule is COc1cc(/C=N/NC(=O)c2ccc(-n3c(C)ccc3-c3ccccc3)cc2)c(Br)cc1OCC(=O)Nc1ccc(C)cc1. The molecule has 5 rings (SSSR count). The van der Waals surface area contributed by atoms with Gasteiger partial charge in [-0.2, -0.15) is 5.10 Å².